The fourth-order valence-corrected chi connectivity index (χ4v) is 4.90. The molecule has 0 N–H and O–H groups in total. The van der Waals surface area contributed by atoms with E-state index in [-0.39, 0.29) is 17.6 Å². The van der Waals surface area contributed by atoms with Crippen LogP contribution < -0.4 is 14.4 Å². The predicted molar refractivity (Wildman–Crippen MR) is 112 cm³/mol. The average Bonchev–Trinajstić information content (AvgIpc) is 3.36. The zero-order chi connectivity index (χ0) is 19.7. The number of rotatable bonds is 7. The average molecular weight is 389 g/mol. The number of fused-ring (bicyclic) bond motifs is 2. The first-order valence-corrected chi connectivity index (χ1v) is 10.8. The number of ether oxygens (including phenoxy) is 2. The van der Waals surface area contributed by atoms with Crippen LogP contribution in [-0.2, 0) is 0 Å². The van der Waals surface area contributed by atoms with E-state index in [9.17, 15) is 0 Å². The van der Waals surface area contributed by atoms with E-state index in [1.165, 1.54) is 37.1 Å². The Morgan fingerprint density at radius 2 is 1.93 bits per heavy atom. The fourth-order valence-electron chi connectivity index (χ4n) is 4.90. The molecule has 2 heterocycles. The summed E-state index contributed by atoms with van der Waals surface area (Å²) >= 11 is 0. The SMILES string of the molecule is COc1cc2c(c(F)c1OCCCN1CCCC1)N(C(C)C)CC1=C2CCC1. The number of nitrogens with zero attached hydrogens (tertiary/aromatic N) is 2. The number of anilines is 1. The number of hydrogen-bond donors (Lipinski definition) is 0. The maximum atomic E-state index is 15.7. The molecular formula is C23H33FN2O2. The molecule has 4 rings (SSSR count). The Morgan fingerprint density at radius 3 is 2.64 bits per heavy atom. The first kappa shape index (κ1) is 19.6. The molecule has 0 radical (unpaired) electrons. The molecule has 2 aliphatic heterocycles. The second-order valence-corrected chi connectivity index (χ2v) is 8.53. The van der Waals surface area contributed by atoms with Gasteiger partial charge in [0.15, 0.2) is 17.3 Å². The molecule has 0 aromatic heterocycles. The Kier molecular flexibility index (Phi) is 5.81. The maximum Gasteiger partial charge on any atom is 0.199 e. The van der Waals surface area contributed by atoms with E-state index in [4.69, 9.17) is 9.47 Å². The molecule has 0 bridgehead atoms. The third-order valence-corrected chi connectivity index (χ3v) is 6.37. The summed E-state index contributed by atoms with van der Waals surface area (Å²) in [5, 5.41) is 0. The van der Waals surface area contributed by atoms with Gasteiger partial charge < -0.3 is 19.3 Å². The highest BCUT2D eigenvalue weighted by atomic mass is 19.1. The molecule has 1 aliphatic carbocycles. The van der Waals surface area contributed by atoms with Crippen LogP contribution in [0.4, 0.5) is 10.1 Å². The lowest BCUT2D eigenvalue weighted by atomic mass is 9.93. The van der Waals surface area contributed by atoms with Crippen LogP contribution in [0, 0.1) is 5.82 Å². The van der Waals surface area contributed by atoms with Gasteiger partial charge in [0.25, 0.3) is 0 Å². The molecule has 0 amide bonds. The lowest BCUT2D eigenvalue weighted by Crippen LogP contribution is -2.36. The summed E-state index contributed by atoms with van der Waals surface area (Å²) < 4.78 is 27.2. The number of methoxy groups -OCH3 is 1. The first-order chi connectivity index (χ1) is 13.6. The number of halogens is 1. The van der Waals surface area contributed by atoms with Crippen LogP contribution >= 0.6 is 0 Å². The molecule has 0 unspecified atom stereocenters. The molecule has 1 aromatic carbocycles. The third-order valence-electron chi connectivity index (χ3n) is 6.37. The van der Waals surface area contributed by atoms with Gasteiger partial charge in [-0.1, -0.05) is 0 Å². The van der Waals surface area contributed by atoms with Crippen molar-refractivity contribution in [1.29, 1.82) is 0 Å². The Labute approximate surface area is 168 Å². The van der Waals surface area contributed by atoms with Gasteiger partial charge in [-0.3, -0.25) is 0 Å². The van der Waals surface area contributed by atoms with Gasteiger partial charge >= 0.3 is 0 Å². The van der Waals surface area contributed by atoms with Gasteiger partial charge in [-0.05, 0) is 82.7 Å². The Morgan fingerprint density at radius 1 is 1.14 bits per heavy atom. The van der Waals surface area contributed by atoms with E-state index < -0.39 is 0 Å². The normalized spacial score (nSPS) is 19.4. The van der Waals surface area contributed by atoms with Crippen LogP contribution in [0.5, 0.6) is 11.5 Å². The third kappa shape index (κ3) is 3.61. The molecule has 0 atom stereocenters. The minimum Gasteiger partial charge on any atom is -0.493 e. The van der Waals surface area contributed by atoms with E-state index in [1.807, 2.05) is 6.07 Å². The number of allylic oxidation sites excluding steroid dienone is 1. The summed E-state index contributed by atoms with van der Waals surface area (Å²) in [6.07, 6.45) is 6.80. The van der Waals surface area contributed by atoms with Crippen molar-refractivity contribution >= 4 is 11.3 Å². The molecule has 0 saturated carbocycles. The molecule has 0 spiro atoms. The zero-order valence-corrected chi connectivity index (χ0v) is 17.5. The van der Waals surface area contributed by atoms with Gasteiger partial charge in [-0.2, -0.15) is 0 Å². The zero-order valence-electron chi connectivity index (χ0n) is 17.5. The van der Waals surface area contributed by atoms with Crippen molar-refractivity contribution in [2.45, 2.75) is 58.4 Å². The summed E-state index contributed by atoms with van der Waals surface area (Å²) in [4.78, 5) is 4.64. The quantitative estimate of drug-likeness (QED) is 0.623. The van der Waals surface area contributed by atoms with Crippen LogP contribution in [0.1, 0.15) is 57.9 Å². The highest BCUT2D eigenvalue weighted by molar-refractivity contribution is 5.86. The van der Waals surface area contributed by atoms with Crippen molar-refractivity contribution in [3.8, 4) is 11.5 Å². The number of likely N-dealkylation sites (tertiary alicyclic amines) is 1. The van der Waals surface area contributed by atoms with Gasteiger partial charge in [0, 0.05) is 24.7 Å². The second-order valence-electron chi connectivity index (χ2n) is 8.53. The van der Waals surface area contributed by atoms with Crippen LogP contribution in [0.15, 0.2) is 11.6 Å². The van der Waals surface area contributed by atoms with Gasteiger partial charge in [-0.15, -0.1) is 0 Å². The molecule has 1 fully saturated rings. The molecule has 28 heavy (non-hydrogen) atoms. The minimum absolute atomic E-state index is 0.235. The van der Waals surface area contributed by atoms with Crippen molar-refractivity contribution in [3.63, 3.8) is 0 Å². The van der Waals surface area contributed by atoms with Crippen LogP contribution in [0.25, 0.3) is 5.57 Å². The summed E-state index contributed by atoms with van der Waals surface area (Å²) in [5.74, 6) is 0.528. The van der Waals surface area contributed by atoms with E-state index in [0.717, 1.165) is 44.3 Å². The van der Waals surface area contributed by atoms with Crippen molar-refractivity contribution in [3.05, 3.63) is 23.0 Å². The van der Waals surface area contributed by atoms with Crippen LogP contribution in [0.2, 0.25) is 0 Å². The van der Waals surface area contributed by atoms with Gasteiger partial charge in [0.2, 0.25) is 0 Å². The molecule has 5 heteroatoms. The summed E-state index contributed by atoms with van der Waals surface area (Å²) in [6.45, 7) is 8.97. The van der Waals surface area contributed by atoms with Crippen LogP contribution in [0.3, 0.4) is 0 Å². The summed E-state index contributed by atoms with van der Waals surface area (Å²) in [5.41, 5.74) is 4.49. The number of hydrogen-bond acceptors (Lipinski definition) is 4. The van der Waals surface area contributed by atoms with Crippen molar-refractivity contribution < 1.29 is 13.9 Å². The molecular weight excluding hydrogens is 355 g/mol. The van der Waals surface area contributed by atoms with Gasteiger partial charge in [-0.25, -0.2) is 4.39 Å². The minimum atomic E-state index is -0.261. The monoisotopic (exact) mass is 388 g/mol. The largest absolute Gasteiger partial charge is 0.493 e. The van der Waals surface area contributed by atoms with E-state index in [0.29, 0.717) is 18.0 Å². The fraction of sp³-hybridized carbons (Fsp3) is 0.652. The van der Waals surface area contributed by atoms with Crippen molar-refractivity contribution in [2.24, 2.45) is 0 Å². The molecule has 1 aromatic rings. The lowest BCUT2D eigenvalue weighted by molar-refractivity contribution is 0.245. The Balaban J connectivity index is 1.59. The first-order valence-electron chi connectivity index (χ1n) is 10.8. The Bertz CT molecular complexity index is 753. The molecule has 4 nitrogen and oxygen atoms in total. The maximum absolute atomic E-state index is 15.7. The van der Waals surface area contributed by atoms with E-state index >= 15 is 4.39 Å². The molecule has 1 saturated heterocycles. The summed E-state index contributed by atoms with van der Waals surface area (Å²) in [6, 6.07) is 2.24. The van der Waals surface area contributed by atoms with E-state index in [2.05, 4.69) is 23.6 Å². The lowest BCUT2D eigenvalue weighted by Gasteiger charge is -2.36. The highest BCUT2D eigenvalue weighted by Crippen LogP contribution is 2.49. The summed E-state index contributed by atoms with van der Waals surface area (Å²) in [7, 11) is 1.60. The topological polar surface area (TPSA) is 24.9 Å². The molecule has 154 valence electrons. The Hall–Kier alpha value is -1.75. The van der Waals surface area contributed by atoms with Gasteiger partial charge in [0.1, 0.15) is 0 Å². The molecule has 3 aliphatic rings. The highest BCUT2D eigenvalue weighted by Gasteiger charge is 2.34. The van der Waals surface area contributed by atoms with Crippen molar-refractivity contribution in [2.75, 3.05) is 44.8 Å². The van der Waals surface area contributed by atoms with Crippen molar-refractivity contribution in [1.82, 2.24) is 4.90 Å². The second kappa shape index (κ2) is 8.32. The smallest absolute Gasteiger partial charge is 0.199 e. The van der Waals surface area contributed by atoms with Crippen LogP contribution in [-0.4, -0.2) is 50.8 Å². The van der Waals surface area contributed by atoms with E-state index in [1.54, 1.807) is 7.11 Å². The number of benzene rings is 1. The standard InChI is InChI=1S/C23H33FN2O2/c1-16(2)26-15-17-8-6-9-18(17)19-14-20(27-3)23(21(24)22(19)26)28-13-7-12-25-10-4-5-11-25/h14,16H,4-13,15H2,1-3H3. The van der Waals surface area contributed by atoms with Gasteiger partial charge in [0.05, 0.1) is 19.4 Å². The predicted octanol–water partition coefficient (Wildman–Crippen LogP) is 4.86.